The Morgan fingerprint density at radius 1 is 1.14 bits per heavy atom. The molecule has 4 aromatic rings. The lowest BCUT2D eigenvalue weighted by Gasteiger charge is -2.26. The maximum atomic E-state index is 4.77. The zero-order valence-electron chi connectivity index (χ0n) is 20.8. The van der Waals surface area contributed by atoms with Gasteiger partial charge in [-0.1, -0.05) is 24.1 Å². The SMILES string of the molecule is CSN(C)c1c(Nc2nc(NCc3cc4c(cc3C)CCN(C)C4)ncc2Br)ccc2nccnc12. The van der Waals surface area contributed by atoms with E-state index in [0.717, 1.165) is 46.4 Å². The number of benzene rings is 2. The second kappa shape index (κ2) is 10.6. The van der Waals surface area contributed by atoms with Crippen LogP contribution in [-0.2, 0) is 19.5 Å². The van der Waals surface area contributed by atoms with Crippen LogP contribution in [0.1, 0.15) is 22.3 Å². The van der Waals surface area contributed by atoms with Gasteiger partial charge in [0.05, 0.1) is 21.4 Å². The molecule has 186 valence electrons. The molecule has 0 bridgehead atoms. The summed E-state index contributed by atoms with van der Waals surface area (Å²) in [7, 11) is 4.19. The van der Waals surface area contributed by atoms with Gasteiger partial charge in [-0.15, -0.1) is 0 Å². The molecule has 10 heteroatoms. The zero-order chi connectivity index (χ0) is 25.2. The summed E-state index contributed by atoms with van der Waals surface area (Å²) in [6, 6.07) is 8.63. The minimum absolute atomic E-state index is 0.565. The van der Waals surface area contributed by atoms with Crippen LogP contribution in [-0.4, -0.2) is 51.7 Å². The number of nitrogens with one attached hydrogen (secondary N) is 2. The molecule has 8 nitrogen and oxygen atoms in total. The van der Waals surface area contributed by atoms with E-state index in [0.29, 0.717) is 18.3 Å². The Labute approximate surface area is 224 Å². The molecule has 5 rings (SSSR count). The highest BCUT2D eigenvalue weighted by Crippen LogP contribution is 2.37. The molecule has 2 aromatic heterocycles. The summed E-state index contributed by atoms with van der Waals surface area (Å²) in [5, 5.41) is 6.90. The summed E-state index contributed by atoms with van der Waals surface area (Å²) in [4.78, 5) is 20.7. The van der Waals surface area contributed by atoms with E-state index in [4.69, 9.17) is 4.98 Å². The van der Waals surface area contributed by atoms with Crippen molar-refractivity contribution < 1.29 is 0 Å². The fraction of sp³-hybridized carbons (Fsp3) is 0.308. The number of rotatable bonds is 7. The largest absolute Gasteiger partial charge is 0.350 e. The molecule has 0 saturated carbocycles. The monoisotopic (exact) mass is 564 g/mol. The van der Waals surface area contributed by atoms with Gasteiger partial charge >= 0.3 is 0 Å². The number of anilines is 4. The molecule has 0 amide bonds. The van der Waals surface area contributed by atoms with Crippen molar-refractivity contribution in [1.29, 1.82) is 0 Å². The van der Waals surface area contributed by atoms with Gasteiger partial charge in [0.25, 0.3) is 0 Å². The molecular weight excluding hydrogens is 536 g/mol. The molecule has 0 atom stereocenters. The molecule has 3 heterocycles. The molecule has 0 spiro atoms. The molecular formula is C26H29BrN8S. The van der Waals surface area contributed by atoms with Crippen molar-refractivity contribution in [3.8, 4) is 0 Å². The van der Waals surface area contributed by atoms with Gasteiger partial charge in [0, 0.05) is 51.5 Å². The second-order valence-corrected chi connectivity index (χ2v) is 10.7. The minimum atomic E-state index is 0.565. The van der Waals surface area contributed by atoms with Gasteiger partial charge in [-0.3, -0.25) is 9.97 Å². The lowest BCUT2D eigenvalue weighted by Crippen LogP contribution is -2.26. The van der Waals surface area contributed by atoms with Gasteiger partial charge in [-0.25, -0.2) is 4.98 Å². The van der Waals surface area contributed by atoms with Gasteiger partial charge in [-0.2, -0.15) is 4.98 Å². The van der Waals surface area contributed by atoms with Crippen molar-refractivity contribution in [2.75, 3.05) is 41.8 Å². The first-order chi connectivity index (χ1) is 17.4. The minimum Gasteiger partial charge on any atom is -0.350 e. The van der Waals surface area contributed by atoms with E-state index in [1.165, 1.54) is 22.3 Å². The standard InChI is InChI=1S/C26H29BrN8S/c1-16-11-17-7-10-34(2)15-19(17)12-18(16)13-30-26-31-14-20(27)25(33-26)32-22-6-5-21-23(29-9-8-28-21)24(22)35(3)36-4/h5-6,8-9,11-12,14H,7,10,13,15H2,1-4H3,(H2,30,31,32,33). The molecule has 0 radical (unpaired) electrons. The normalized spacial score (nSPS) is 13.5. The summed E-state index contributed by atoms with van der Waals surface area (Å²) in [6.45, 7) is 4.95. The van der Waals surface area contributed by atoms with E-state index in [1.54, 1.807) is 30.5 Å². The molecule has 0 saturated heterocycles. The van der Waals surface area contributed by atoms with Gasteiger partial charge in [-0.05, 0) is 70.7 Å². The number of aromatic nitrogens is 4. The quantitative estimate of drug-likeness (QED) is 0.281. The van der Waals surface area contributed by atoms with Crippen molar-refractivity contribution >= 4 is 62.1 Å². The predicted molar refractivity (Wildman–Crippen MR) is 153 cm³/mol. The first-order valence-corrected chi connectivity index (χ1v) is 13.7. The van der Waals surface area contributed by atoms with Crippen molar-refractivity contribution in [2.45, 2.75) is 26.4 Å². The highest BCUT2D eigenvalue weighted by Gasteiger charge is 2.17. The Bertz CT molecular complexity index is 1410. The van der Waals surface area contributed by atoms with Crippen LogP contribution in [0.2, 0.25) is 0 Å². The van der Waals surface area contributed by atoms with Crippen LogP contribution in [0.15, 0.2) is 47.3 Å². The third-order valence-corrected chi connectivity index (χ3v) is 7.81. The molecule has 0 aliphatic carbocycles. The lowest BCUT2D eigenvalue weighted by atomic mass is 9.94. The Balaban J connectivity index is 1.40. The van der Waals surface area contributed by atoms with Crippen LogP contribution in [0.4, 0.5) is 23.1 Å². The maximum absolute atomic E-state index is 4.77. The smallest absolute Gasteiger partial charge is 0.224 e. The van der Waals surface area contributed by atoms with Crippen molar-refractivity contribution in [2.24, 2.45) is 0 Å². The summed E-state index contributed by atoms with van der Waals surface area (Å²) in [5.74, 6) is 1.24. The summed E-state index contributed by atoms with van der Waals surface area (Å²) < 4.78 is 2.85. The Morgan fingerprint density at radius 3 is 2.81 bits per heavy atom. The van der Waals surface area contributed by atoms with Crippen LogP contribution >= 0.6 is 27.9 Å². The van der Waals surface area contributed by atoms with Crippen LogP contribution < -0.4 is 14.9 Å². The lowest BCUT2D eigenvalue weighted by molar-refractivity contribution is 0.312. The summed E-state index contributed by atoms with van der Waals surface area (Å²) in [6.07, 6.45) is 8.33. The first kappa shape index (κ1) is 24.7. The number of halogens is 1. The van der Waals surface area contributed by atoms with Crippen LogP contribution in [0.5, 0.6) is 0 Å². The summed E-state index contributed by atoms with van der Waals surface area (Å²) in [5.41, 5.74) is 8.95. The third-order valence-electron chi connectivity index (χ3n) is 6.50. The molecule has 2 N–H and O–H groups in total. The highest BCUT2D eigenvalue weighted by atomic mass is 79.9. The van der Waals surface area contributed by atoms with E-state index in [-0.39, 0.29) is 0 Å². The molecule has 2 aromatic carbocycles. The molecule has 36 heavy (non-hydrogen) atoms. The maximum Gasteiger partial charge on any atom is 0.224 e. The topological polar surface area (TPSA) is 82.1 Å². The van der Waals surface area contributed by atoms with E-state index < -0.39 is 0 Å². The Hall–Kier alpha value is -2.95. The number of nitrogens with zero attached hydrogens (tertiary/aromatic N) is 6. The van der Waals surface area contributed by atoms with Gasteiger partial charge in [0.1, 0.15) is 11.3 Å². The number of aryl methyl sites for hydroxylation is 1. The van der Waals surface area contributed by atoms with Crippen molar-refractivity contribution in [3.63, 3.8) is 0 Å². The van der Waals surface area contributed by atoms with E-state index in [9.17, 15) is 0 Å². The van der Waals surface area contributed by atoms with Crippen LogP contribution in [0, 0.1) is 6.92 Å². The van der Waals surface area contributed by atoms with E-state index >= 15 is 0 Å². The van der Waals surface area contributed by atoms with E-state index in [2.05, 4.69) is 76.8 Å². The van der Waals surface area contributed by atoms with Crippen LogP contribution in [0.3, 0.4) is 0 Å². The molecule has 0 fully saturated rings. The predicted octanol–water partition coefficient (Wildman–Crippen LogP) is 5.55. The number of likely N-dealkylation sites (N-methyl/N-ethyl adjacent to an activating group) is 1. The number of hydrogen-bond donors (Lipinski definition) is 2. The Kier molecular flexibility index (Phi) is 7.27. The van der Waals surface area contributed by atoms with Crippen molar-refractivity contribution in [3.05, 3.63) is 69.6 Å². The Morgan fingerprint density at radius 2 is 1.97 bits per heavy atom. The number of hydrogen-bond acceptors (Lipinski definition) is 9. The fourth-order valence-electron chi connectivity index (χ4n) is 4.49. The second-order valence-electron chi connectivity index (χ2n) is 8.97. The molecule has 1 aliphatic heterocycles. The molecule has 1 aliphatic rings. The van der Waals surface area contributed by atoms with Gasteiger partial charge in [0.2, 0.25) is 5.95 Å². The van der Waals surface area contributed by atoms with Crippen molar-refractivity contribution in [1.82, 2.24) is 24.8 Å². The summed E-state index contributed by atoms with van der Waals surface area (Å²) >= 11 is 5.21. The third kappa shape index (κ3) is 5.11. The van der Waals surface area contributed by atoms with Gasteiger partial charge in [0.15, 0.2) is 0 Å². The van der Waals surface area contributed by atoms with Gasteiger partial charge < -0.3 is 19.8 Å². The fourth-order valence-corrected chi connectivity index (χ4v) is 5.15. The highest BCUT2D eigenvalue weighted by molar-refractivity contribution is 9.10. The average molecular weight is 566 g/mol. The first-order valence-electron chi connectivity index (χ1n) is 11.8. The number of fused-ring (bicyclic) bond motifs is 2. The van der Waals surface area contributed by atoms with E-state index in [1.807, 2.05) is 25.4 Å². The van der Waals surface area contributed by atoms with Crippen LogP contribution in [0.25, 0.3) is 11.0 Å². The average Bonchev–Trinajstić information content (AvgIpc) is 2.88. The molecule has 0 unspecified atom stereocenters. The zero-order valence-corrected chi connectivity index (χ0v) is 23.2.